The van der Waals surface area contributed by atoms with Gasteiger partial charge in [-0.1, -0.05) is 0 Å². The van der Waals surface area contributed by atoms with Crippen molar-refractivity contribution in [3.8, 4) is 11.8 Å². The minimum atomic E-state index is -3.16. The molecular weight excluding hydrogens is 234 g/mol. The molecule has 0 amide bonds. The highest BCUT2D eigenvalue weighted by atomic mass is 19.3. The van der Waals surface area contributed by atoms with Crippen LogP contribution < -0.4 is 10.5 Å². The number of hydrogen-bond donors (Lipinski definition) is 2. The molecule has 0 unspecified atom stereocenters. The van der Waals surface area contributed by atoms with Crippen LogP contribution in [-0.4, -0.2) is 17.7 Å². The van der Waals surface area contributed by atoms with E-state index >= 15 is 0 Å². The molecule has 7 heteroatoms. The fourth-order valence-corrected chi connectivity index (χ4v) is 1.34. The normalized spacial score (nSPS) is 10.1. The van der Waals surface area contributed by atoms with Gasteiger partial charge in [0.1, 0.15) is 11.8 Å². The molecule has 0 saturated carbocycles. The number of nitrogens with two attached hydrogens (primary N) is 1. The van der Waals surface area contributed by atoms with Crippen molar-refractivity contribution in [2.45, 2.75) is 13.2 Å². The number of halogens is 2. The van der Waals surface area contributed by atoms with Gasteiger partial charge >= 0.3 is 12.6 Å². The number of hydrogen-bond acceptors (Lipinski definition) is 4. The first-order valence-electron chi connectivity index (χ1n) is 4.45. The second-order valence-electron chi connectivity index (χ2n) is 2.97. The second kappa shape index (κ2) is 5.23. The number of benzene rings is 1. The minimum Gasteiger partial charge on any atom is -0.478 e. The average Bonchev–Trinajstić information content (AvgIpc) is 2.27. The van der Waals surface area contributed by atoms with Crippen molar-refractivity contribution in [2.24, 2.45) is 5.73 Å². The first-order valence-corrected chi connectivity index (χ1v) is 4.45. The molecule has 1 rings (SSSR count). The Morgan fingerprint density at radius 1 is 1.59 bits per heavy atom. The van der Waals surface area contributed by atoms with E-state index in [4.69, 9.17) is 16.1 Å². The van der Waals surface area contributed by atoms with E-state index < -0.39 is 18.3 Å². The molecule has 5 nitrogen and oxygen atoms in total. The van der Waals surface area contributed by atoms with E-state index in [0.717, 1.165) is 12.1 Å². The Bertz CT molecular complexity index is 483. The van der Waals surface area contributed by atoms with Crippen LogP contribution in [-0.2, 0) is 6.54 Å². The predicted molar refractivity (Wildman–Crippen MR) is 52.6 cm³/mol. The lowest BCUT2D eigenvalue weighted by atomic mass is 10.0. The van der Waals surface area contributed by atoms with Crippen LogP contribution in [0.15, 0.2) is 12.1 Å². The molecule has 17 heavy (non-hydrogen) atoms. The number of ether oxygens (including phenoxy) is 1. The number of carboxylic acid groups (broad SMARTS) is 1. The molecule has 0 fully saturated rings. The summed E-state index contributed by atoms with van der Waals surface area (Å²) in [5.74, 6) is -1.81. The molecule has 0 aliphatic rings. The first kappa shape index (κ1) is 12.9. The lowest BCUT2D eigenvalue weighted by molar-refractivity contribution is -0.0507. The van der Waals surface area contributed by atoms with Crippen LogP contribution in [0.5, 0.6) is 5.75 Å². The van der Waals surface area contributed by atoms with Gasteiger partial charge in [-0.3, -0.25) is 0 Å². The monoisotopic (exact) mass is 242 g/mol. The Balaban J connectivity index is 3.44. The zero-order valence-electron chi connectivity index (χ0n) is 8.48. The fraction of sp³-hybridized carbons (Fsp3) is 0.200. The van der Waals surface area contributed by atoms with Crippen molar-refractivity contribution in [2.75, 3.05) is 0 Å². The van der Waals surface area contributed by atoms with Crippen LogP contribution in [0.25, 0.3) is 0 Å². The van der Waals surface area contributed by atoms with Gasteiger partial charge in [0.25, 0.3) is 0 Å². The van der Waals surface area contributed by atoms with E-state index in [0.29, 0.717) is 0 Å². The van der Waals surface area contributed by atoms with Gasteiger partial charge in [0.15, 0.2) is 0 Å². The maximum Gasteiger partial charge on any atom is 0.387 e. The summed E-state index contributed by atoms with van der Waals surface area (Å²) in [7, 11) is 0. The number of carboxylic acids is 1. The maximum atomic E-state index is 12.2. The number of nitrogens with zero attached hydrogens (tertiary/aromatic N) is 1. The van der Waals surface area contributed by atoms with Crippen LogP contribution in [0.3, 0.4) is 0 Å². The Kier molecular flexibility index (Phi) is 3.96. The van der Waals surface area contributed by atoms with Crippen LogP contribution in [0.2, 0.25) is 0 Å². The van der Waals surface area contributed by atoms with E-state index in [1.54, 1.807) is 6.07 Å². The highest BCUT2D eigenvalue weighted by Crippen LogP contribution is 2.28. The maximum absolute atomic E-state index is 12.2. The molecule has 0 radical (unpaired) electrons. The van der Waals surface area contributed by atoms with E-state index in [9.17, 15) is 13.6 Å². The van der Waals surface area contributed by atoms with Crippen molar-refractivity contribution in [3.63, 3.8) is 0 Å². The zero-order valence-corrected chi connectivity index (χ0v) is 8.48. The smallest absolute Gasteiger partial charge is 0.387 e. The summed E-state index contributed by atoms with van der Waals surface area (Å²) in [6, 6.07) is 3.86. The SMILES string of the molecule is N#Cc1ccc(C(=O)O)c(CN)c1OC(F)F. The Hall–Kier alpha value is -2.20. The Morgan fingerprint density at radius 2 is 2.24 bits per heavy atom. The van der Waals surface area contributed by atoms with Gasteiger partial charge in [0, 0.05) is 12.1 Å². The summed E-state index contributed by atoms with van der Waals surface area (Å²) < 4.78 is 28.5. The third kappa shape index (κ3) is 2.68. The van der Waals surface area contributed by atoms with Crippen molar-refractivity contribution in [1.82, 2.24) is 0 Å². The van der Waals surface area contributed by atoms with Crippen molar-refractivity contribution in [3.05, 3.63) is 28.8 Å². The third-order valence-electron chi connectivity index (χ3n) is 2.02. The van der Waals surface area contributed by atoms with Crippen LogP contribution in [0.4, 0.5) is 8.78 Å². The molecule has 0 aliphatic heterocycles. The number of alkyl halides is 2. The second-order valence-corrected chi connectivity index (χ2v) is 2.97. The molecule has 1 aromatic rings. The van der Waals surface area contributed by atoms with E-state index in [2.05, 4.69) is 4.74 Å². The Labute approximate surface area is 95.0 Å². The highest BCUT2D eigenvalue weighted by Gasteiger charge is 2.20. The van der Waals surface area contributed by atoms with Gasteiger partial charge in [0.05, 0.1) is 11.1 Å². The largest absolute Gasteiger partial charge is 0.478 e. The summed E-state index contributed by atoms with van der Waals surface area (Å²) in [4.78, 5) is 10.8. The average molecular weight is 242 g/mol. The van der Waals surface area contributed by atoms with E-state index in [1.807, 2.05) is 0 Å². The number of aromatic carboxylic acids is 1. The topological polar surface area (TPSA) is 96.3 Å². The van der Waals surface area contributed by atoms with Crippen LogP contribution in [0.1, 0.15) is 21.5 Å². The quantitative estimate of drug-likeness (QED) is 0.829. The zero-order chi connectivity index (χ0) is 13.0. The van der Waals surface area contributed by atoms with Crippen LogP contribution >= 0.6 is 0 Å². The summed E-state index contributed by atoms with van der Waals surface area (Å²) in [6.07, 6.45) is 0. The van der Waals surface area contributed by atoms with Crippen molar-refractivity contribution >= 4 is 5.97 Å². The molecule has 0 heterocycles. The summed E-state index contributed by atoms with van der Waals surface area (Å²) in [6.45, 7) is -3.48. The Morgan fingerprint density at radius 3 is 2.65 bits per heavy atom. The molecule has 0 atom stereocenters. The fourth-order valence-electron chi connectivity index (χ4n) is 1.34. The van der Waals surface area contributed by atoms with Gasteiger partial charge < -0.3 is 15.6 Å². The number of nitriles is 1. The predicted octanol–water partition coefficient (Wildman–Crippen LogP) is 1.32. The highest BCUT2D eigenvalue weighted by molar-refractivity contribution is 5.90. The van der Waals surface area contributed by atoms with E-state index in [-0.39, 0.29) is 23.2 Å². The van der Waals surface area contributed by atoms with E-state index in [1.165, 1.54) is 0 Å². The van der Waals surface area contributed by atoms with Crippen molar-refractivity contribution in [1.29, 1.82) is 5.26 Å². The minimum absolute atomic E-state index is 0.128. The molecule has 0 bridgehead atoms. The molecule has 0 aliphatic carbocycles. The number of carbonyl (C=O) groups is 1. The van der Waals surface area contributed by atoms with Gasteiger partial charge in [-0.2, -0.15) is 14.0 Å². The van der Waals surface area contributed by atoms with Gasteiger partial charge in [-0.15, -0.1) is 0 Å². The lowest BCUT2D eigenvalue weighted by Crippen LogP contribution is -2.13. The number of rotatable bonds is 4. The standard InChI is InChI=1S/C10H8F2N2O3/c11-10(12)17-8-5(3-13)1-2-6(9(15)16)7(8)4-14/h1-2,10H,4,14H2,(H,15,16). The summed E-state index contributed by atoms with van der Waals surface area (Å²) >= 11 is 0. The van der Waals surface area contributed by atoms with Gasteiger partial charge in [0.2, 0.25) is 0 Å². The van der Waals surface area contributed by atoms with Gasteiger partial charge in [-0.25, -0.2) is 4.79 Å². The summed E-state index contributed by atoms with van der Waals surface area (Å²) in [5.41, 5.74) is 4.72. The van der Waals surface area contributed by atoms with Crippen LogP contribution in [0, 0.1) is 11.3 Å². The molecule has 0 aromatic heterocycles. The molecule has 1 aromatic carbocycles. The molecule has 3 N–H and O–H groups in total. The molecular formula is C10H8F2N2O3. The first-order chi connectivity index (χ1) is 8.01. The molecule has 90 valence electrons. The summed E-state index contributed by atoms with van der Waals surface area (Å²) in [5, 5.41) is 17.6. The third-order valence-corrected chi connectivity index (χ3v) is 2.02. The lowest BCUT2D eigenvalue weighted by Gasteiger charge is -2.13. The molecule has 0 spiro atoms. The molecule has 0 saturated heterocycles. The van der Waals surface area contributed by atoms with Gasteiger partial charge in [-0.05, 0) is 12.1 Å². The van der Waals surface area contributed by atoms with Crippen molar-refractivity contribution < 1.29 is 23.4 Å².